The molecule has 0 amide bonds. The molecule has 0 fully saturated rings. The Hall–Kier alpha value is -0.160. The molecule has 2 N–H and O–H groups in total. The van der Waals surface area contributed by atoms with Crippen LogP contribution in [0.15, 0.2) is 0 Å². The maximum absolute atomic E-state index is 10.7. The predicted molar refractivity (Wildman–Crippen MR) is 169 cm³/mol. The molecular formula is C34H74N2O2+2. The topological polar surface area (TPSA) is 40.5 Å². The average Bonchev–Trinajstić information content (AvgIpc) is 2.85. The maximum atomic E-state index is 10.7. The van der Waals surface area contributed by atoms with Gasteiger partial charge in [0.15, 0.2) is 0 Å². The maximum Gasteiger partial charge on any atom is 0.105 e. The van der Waals surface area contributed by atoms with Crippen LogP contribution in [-0.4, -0.2) is 84.8 Å². The van der Waals surface area contributed by atoms with Gasteiger partial charge in [0, 0.05) is 0 Å². The Kier molecular flexibility index (Phi) is 24.5. The molecule has 0 heterocycles. The number of hydrogen-bond acceptors (Lipinski definition) is 2. The van der Waals surface area contributed by atoms with Gasteiger partial charge in [0.05, 0.1) is 40.3 Å². The molecule has 4 heteroatoms. The van der Waals surface area contributed by atoms with Gasteiger partial charge in [-0.25, -0.2) is 0 Å². The molecule has 0 spiro atoms. The molecule has 0 saturated heterocycles. The second kappa shape index (κ2) is 24.6. The minimum Gasteiger partial charge on any atom is -0.387 e. The molecule has 0 aliphatic rings. The van der Waals surface area contributed by atoms with Crippen LogP contribution in [0.1, 0.15) is 156 Å². The molecule has 0 aromatic heterocycles. The molecule has 0 aromatic rings. The number of hydrogen-bond donors (Lipinski definition) is 2. The van der Waals surface area contributed by atoms with Crippen molar-refractivity contribution in [1.29, 1.82) is 0 Å². The fraction of sp³-hybridized carbons (Fsp3) is 1.00. The van der Waals surface area contributed by atoms with Crippen molar-refractivity contribution in [3.8, 4) is 0 Å². The third kappa shape index (κ3) is 21.6. The van der Waals surface area contributed by atoms with Gasteiger partial charge < -0.3 is 19.2 Å². The fourth-order valence-electron chi connectivity index (χ4n) is 6.53. The molecule has 230 valence electrons. The third-order valence-electron chi connectivity index (χ3n) is 8.76. The van der Waals surface area contributed by atoms with Gasteiger partial charge >= 0.3 is 0 Å². The van der Waals surface area contributed by atoms with Gasteiger partial charge in [0.1, 0.15) is 25.3 Å². The van der Waals surface area contributed by atoms with E-state index in [1.807, 2.05) is 0 Å². The summed E-state index contributed by atoms with van der Waals surface area (Å²) in [5, 5.41) is 21.5. The van der Waals surface area contributed by atoms with Crippen LogP contribution in [-0.2, 0) is 0 Å². The zero-order valence-corrected chi connectivity index (χ0v) is 27.3. The lowest BCUT2D eigenvalue weighted by molar-refractivity contribution is -0.913. The Balaban J connectivity index is 4.27. The van der Waals surface area contributed by atoms with Crippen LogP contribution >= 0.6 is 0 Å². The Morgan fingerprint density at radius 2 is 0.711 bits per heavy atom. The highest BCUT2D eigenvalue weighted by Gasteiger charge is 2.26. The normalized spacial score (nSPS) is 16.7. The molecular weight excluding hydrogens is 468 g/mol. The molecule has 4 atom stereocenters. The smallest absolute Gasteiger partial charge is 0.105 e. The van der Waals surface area contributed by atoms with Crippen LogP contribution in [0, 0.1) is 0 Å². The Morgan fingerprint density at radius 3 is 1.05 bits per heavy atom. The number of aliphatic hydroxyl groups excluding tert-OH is 2. The Bertz CT molecular complexity index is 459. The van der Waals surface area contributed by atoms with Crippen LogP contribution in [0.5, 0.6) is 0 Å². The molecule has 4 nitrogen and oxygen atoms in total. The van der Waals surface area contributed by atoms with E-state index >= 15 is 0 Å². The van der Waals surface area contributed by atoms with E-state index < -0.39 is 0 Å². The average molecular weight is 543 g/mol. The van der Waals surface area contributed by atoms with Crippen molar-refractivity contribution in [2.75, 3.05) is 53.4 Å². The van der Waals surface area contributed by atoms with Crippen molar-refractivity contribution in [2.45, 2.75) is 168 Å². The second-order valence-electron chi connectivity index (χ2n) is 13.3. The lowest BCUT2D eigenvalue weighted by Gasteiger charge is -2.37. The molecule has 0 radical (unpaired) electrons. The lowest BCUT2D eigenvalue weighted by atomic mass is 10.1. The standard InChI is InChI=1S/C34H74N2O2/c1-7-11-13-15-17-21-25-33(37)31-35(5,27-9-3)29-23-19-20-24-30-36(6,28-10-4)32-34(38)26-22-18-16-14-12-8-2/h33-34,37-38H,7-32H2,1-6H3/q+2. The SMILES string of the molecule is CCCCCCCCC(O)C[N+](C)(CCC)CCCCCC[N+](C)(CCC)CC(O)CCCCCCCC. The number of quaternary nitrogens is 2. The van der Waals surface area contributed by atoms with Crippen molar-refractivity contribution >= 4 is 0 Å². The van der Waals surface area contributed by atoms with Gasteiger partial charge in [-0.3, -0.25) is 0 Å². The van der Waals surface area contributed by atoms with E-state index in [-0.39, 0.29) is 12.2 Å². The van der Waals surface area contributed by atoms with Gasteiger partial charge in [-0.05, 0) is 51.4 Å². The van der Waals surface area contributed by atoms with Crippen LogP contribution in [0.3, 0.4) is 0 Å². The number of aliphatic hydroxyl groups is 2. The highest BCUT2D eigenvalue weighted by Crippen LogP contribution is 2.17. The first-order chi connectivity index (χ1) is 18.2. The predicted octanol–water partition coefficient (Wildman–Crippen LogP) is 8.48. The minimum absolute atomic E-state index is 0.146. The summed E-state index contributed by atoms with van der Waals surface area (Å²) >= 11 is 0. The van der Waals surface area contributed by atoms with E-state index in [9.17, 15) is 10.2 Å². The molecule has 4 unspecified atom stereocenters. The van der Waals surface area contributed by atoms with E-state index in [1.165, 1.54) is 142 Å². The van der Waals surface area contributed by atoms with Gasteiger partial charge in [-0.1, -0.05) is 105 Å². The first-order valence-electron chi connectivity index (χ1n) is 17.3. The zero-order chi connectivity index (χ0) is 28.5. The second-order valence-corrected chi connectivity index (χ2v) is 13.3. The van der Waals surface area contributed by atoms with Gasteiger partial charge in [0.25, 0.3) is 0 Å². The Morgan fingerprint density at radius 1 is 0.395 bits per heavy atom. The molecule has 0 rings (SSSR count). The molecule has 38 heavy (non-hydrogen) atoms. The summed E-state index contributed by atoms with van der Waals surface area (Å²) in [6.45, 7) is 15.7. The largest absolute Gasteiger partial charge is 0.387 e. The minimum atomic E-state index is -0.146. The van der Waals surface area contributed by atoms with Gasteiger partial charge in [0.2, 0.25) is 0 Å². The molecule has 0 saturated carbocycles. The summed E-state index contributed by atoms with van der Waals surface area (Å²) in [5.74, 6) is 0. The zero-order valence-electron chi connectivity index (χ0n) is 27.3. The van der Waals surface area contributed by atoms with Crippen molar-refractivity contribution in [1.82, 2.24) is 0 Å². The number of rotatable bonds is 29. The van der Waals surface area contributed by atoms with Crippen LogP contribution < -0.4 is 0 Å². The van der Waals surface area contributed by atoms with E-state index in [0.717, 1.165) is 34.9 Å². The summed E-state index contributed by atoms with van der Waals surface area (Å²) in [4.78, 5) is 0. The van der Waals surface area contributed by atoms with Crippen LogP contribution in [0.25, 0.3) is 0 Å². The first kappa shape index (κ1) is 37.8. The summed E-state index contributed by atoms with van der Waals surface area (Å²) in [6.07, 6.45) is 24.7. The van der Waals surface area contributed by atoms with Crippen molar-refractivity contribution < 1.29 is 19.2 Å². The van der Waals surface area contributed by atoms with E-state index in [1.54, 1.807) is 0 Å². The van der Waals surface area contributed by atoms with E-state index in [4.69, 9.17) is 0 Å². The molecule has 0 aliphatic heterocycles. The fourth-order valence-corrected chi connectivity index (χ4v) is 6.53. The van der Waals surface area contributed by atoms with Crippen molar-refractivity contribution in [2.24, 2.45) is 0 Å². The quantitative estimate of drug-likeness (QED) is 0.0735. The van der Waals surface area contributed by atoms with Crippen molar-refractivity contribution in [3.63, 3.8) is 0 Å². The molecule has 0 bridgehead atoms. The summed E-state index contributed by atoms with van der Waals surface area (Å²) in [6, 6.07) is 0. The van der Waals surface area contributed by atoms with Crippen LogP contribution in [0.2, 0.25) is 0 Å². The van der Waals surface area contributed by atoms with Gasteiger partial charge in [-0.15, -0.1) is 0 Å². The first-order valence-corrected chi connectivity index (χ1v) is 17.3. The third-order valence-corrected chi connectivity index (χ3v) is 8.76. The monoisotopic (exact) mass is 543 g/mol. The van der Waals surface area contributed by atoms with E-state index in [2.05, 4.69) is 41.8 Å². The highest BCUT2D eigenvalue weighted by molar-refractivity contribution is 4.59. The lowest BCUT2D eigenvalue weighted by Crippen LogP contribution is -2.50. The summed E-state index contributed by atoms with van der Waals surface area (Å²) < 4.78 is 2.06. The van der Waals surface area contributed by atoms with Gasteiger partial charge in [-0.2, -0.15) is 0 Å². The molecule has 0 aromatic carbocycles. The summed E-state index contributed by atoms with van der Waals surface area (Å²) in [7, 11) is 4.74. The highest BCUT2D eigenvalue weighted by atomic mass is 16.3. The number of unbranched alkanes of at least 4 members (excludes halogenated alkanes) is 13. The number of nitrogens with zero attached hydrogens (tertiary/aromatic N) is 2. The number of likely N-dealkylation sites (N-methyl/N-ethyl adjacent to an activating group) is 2. The molecule has 0 aliphatic carbocycles. The Labute approximate surface area is 240 Å². The van der Waals surface area contributed by atoms with Crippen LogP contribution in [0.4, 0.5) is 0 Å². The van der Waals surface area contributed by atoms with E-state index in [0.29, 0.717) is 0 Å². The van der Waals surface area contributed by atoms with Crippen molar-refractivity contribution in [3.05, 3.63) is 0 Å². The summed E-state index contributed by atoms with van der Waals surface area (Å²) in [5.41, 5.74) is 0.